The smallest absolute Gasteiger partial charge is 0.254 e. The van der Waals surface area contributed by atoms with Gasteiger partial charge in [0, 0.05) is 25.8 Å². The highest BCUT2D eigenvalue weighted by Gasteiger charge is 2.09. The summed E-state index contributed by atoms with van der Waals surface area (Å²) >= 11 is 0. The van der Waals surface area contributed by atoms with Crippen molar-refractivity contribution < 1.29 is 4.79 Å². The average Bonchev–Trinajstić information content (AvgIpc) is 2.86. The molecule has 18 heavy (non-hydrogen) atoms. The first-order valence-electron chi connectivity index (χ1n) is 5.99. The van der Waals surface area contributed by atoms with E-state index in [9.17, 15) is 4.79 Å². The molecule has 0 bridgehead atoms. The van der Waals surface area contributed by atoms with Gasteiger partial charge in [-0.15, -0.1) is 12.4 Å². The maximum Gasteiger partial charge on any atom is 0.254 e. The molecule has 0 aromatic carbocycles. The molecule has 2 rings (SSSR count). The first kappa shape index (κ1) is 14.7. The molecule has 0 aliphatic carbocycles. The van der Waals surface area contributed by atoms with E-state index in [1.54, 1.807) is 17.1 Å². The summed E-state index contributed by atoms with van der Waals surface area (Å²) in [4.78, 5) is 11.8. The highest BCUT2D eigenvalue weighted by Crippen LogP contribution is 2.03. The van der Waals surface area contributed by atoms with Crippen LogP contribution in [0.4, 0.5) is 0 Å². The predicted molar refractivity (Wildman–Crippen MR) is 73.1 cm³/mol. The number of carbonyl (C=O) groups excluding carboxylic acids is 1. The van der Waals surface area contributed by atoms with Crippen molar-refractivity contribution in [1.82, 2.24) is 20.4 Å². The summed E-state index contributed by atoms with van der Waals surface area (Å²) in [7, 11) is 0. The van der Waals surface area contributed by atoms with Crippen LogP contribution in [0.3, 0.4) is 0 Å². The van der Waals surface area contributed by atoms with Crippen molar-refractivity contribution in [3.63, 3.8) is 0 Å². The largest absolute Gasteiger partial charge is 0.348 e. The van der Waals surface area contributed by atoms with Gasteiger partial charge in [-0.05, 0) is 19.9 Å². The number of hydrogen-bond donors (Lipinski definition) is 2. The zero-order valence-corrected chi connectivity index (χ0v) is 11.3. The van der Waals surface area contributed by atoms with Crippen molar-refractivity contribution in [1.29, 1.82) is 0 Å². The molecule has 1 aliphatic heterocycles. The molecule has 0 atom stereocenters. The van der Waals surface area contributed by atoms with Crippen LogP contribution in [0, 0.1) is 0 Å². The fourth-order valence-corrected chi connectivity index (χ4v) is 1.78. The molecule has 6 heteroatoms. The maximum absolute atomic E-state index is 11.8. The van der Waals surface area contributed by atoms with E-state index in [0.29, 0.717) is 12.1 Å². The molecule has 5 nitrogen and oxygen atoms in total. The van der Waals surface area contributed by atoms with Gasteiger partial charge in [0.05, 0.1) is 11.8 Å². The molecule has 0 saturated carbocycles. The van der Waals surface area contributed by atoms with Gasteiger partial charge < -0.3 is 10.6 Å². The van der Waals surface area contributed by atoms with Crippen molar-refractivity contribution in [2.45, 2.75) is 19.9 Å². The van der Waals surface area contributed by atoms with Crippen molar-refractivity contribution in [3.05, 3.63) is 29.6 Å². The minimum atomic E-state index is -0.0517. The Hall–Kier alpha value is -1.33. The molecule has 1 aromatic heterocycles. The number of aromatic nitrogens is 2. The number of aryl methyl sites for hydroxylation is 1. The van der Waals surface area contributed by atoms with Crippen molar-refractivity contribution in [3.8, 4) is 0 Å². The molecule has 1 aromatic rings. The molecule has 0 saturated heterocycles. The average molecular weight is 271 g/mol. The van der Waals surface area contributed by atoms with Crippen molar-refractivity contribution in [2.75, 3.05) is 19.6 Å². The minimum Gasteiger partial charge on any atom is -0.348 e. The van der Waals surface area contributed by atoms with E-state index in [1.165, 1.54) is 5.57 Å². The Morgan fingerprint density at radius 3 is 3.06 bits per heavy atom. The molecule has 100 valence electrons. The zero-order valence-electron chi connectivity index (χ0n) is 10.5. The molecule has 1 aliphatic rings. The third kappa shape index (κ3) is 3.85. The topological polar surface area (TPSA) is 59.0 Å². The van der Waals surface area contributed by atoms with Crippen LogP contribution >= 0.6 is 12.4 Å². The van der Waals surface area contributed by atoms with Gasteiger partial charge in [-0.2, -0.15) is 5.10 Å². The first-order chi connectivity index (χ1) is 8.29. The summed E-state index contributed by atoms with van der Waals surface area (Å²) in [6.07, 6.45) is 6.52. The van der Waals surface area contributed by atoms with Crippen LogP contribution < -0.4 is 10.6 Å². The van der Waals surface area contributed by atoms with Crippen LogP contribution in [0.2, 0.25) is 0 Å². The van der Waals surface area contributed by atoms with Crippen LogP contribution in [0.25, 0.3) is 0 Å². The van der Waals surface area contributed by atoms with Crippen molar-refractivity contribution in [2.24, 2.45) is 0 Å². The van der Waals surface area contributed by atoms with E-state index in [2.05, 4.69) is 21.8 Å². The zero-order chi connectivity index (χ0) is 12.1. The highest BCUT2D eigenvalue weighted by atomic mass is 35.5. The number of hydrogen-bond acceptors (Lipinski definition) is 3. The summed E-state index contributed by atoms with van der Waals surface area (Å²) in [5.74, 6) is -0.0517. The lowest BCUT2D eigenvalue weighted by Crippen LogP contribution is -2.29. The first-order valence-corrected chi connectivity index (χ1v) is 5.99. The Morgan fingerprint density at radius 2 is 2.44 bits per heavy atom. The fourth-order valence-electron chi connectivity index (χ4n) is 1.78. The van der Waals surface area contributed by atoms with Gasteiger partial charge in [-0.25, -0.2) is 0 Å². The second-order valence-corrected chi connectivity index (χ2v) is 4.08. The molecular weight excluding hydrogens is 252 g/mol. The van der Waals surface area contributed by atoms with Gasteiger partial charge >= 0.3 is 0 Å². The number of halogens is 1. The van der Waals surface area contributed by atoms with E-state index in [0.717, 1.165) is 26.1 Å². The van der Waals surface area contributed by atoms with Gasteiger partial charge in [0.25, 0.3) is 5.91 Å². The van der Waals surface area contributed by atoms with E-state index in [-0.39, 0.29) is 18.3 Å². The highest BCUT2D eigenvalue weighted by molar-refractivity contribution is 5.93. The van der Waals surface area contributed by atoms with Crippen LogP contribution in [-0.2, 0) is 6.54 Å². The number of carbonyl (C=O) groups is 1. The van der Waals surface area contributed by atoms with E-state index < -0.39 is 0 Å². The van der Waals surface area contributed by atoms with Crippen LogP contribution in [0.5, 0.6) is 0 Å². The minimum absolute atomic E-state index is 0. The summed E-state index contributed by atoms with van der Waals surface area (Å²) in [5, 5.41) is 10.2. The Labute approximate surface area is 113 Å². The van der Waals surface area contributed by atoms with E-state index in [4.69, 9.17) is 0 Å². The summed E-state index contributed by atoms with van der Waals surface area (Å²) in [6, 6.07) is 0. The fraction of sp³-hybridized carbons (Fsp3) is 0.500. The standard InChI is InChI=1S/C12H18N4O.ClH/c1-2-16-9-11(8-15-16)12(17)14-7-10-3-5-13-6-4-10;/h3,8-9,13H,2,4-7H2,1H3,(H,14,17);1H. The number of amides is 1. The molecule has 0 spiro atoms. The summed E-state index contributed by atoms with van der Waals surface area (Å²) in [6.45, 7) is 5.31. The lowest BCUT2D eigenvalue weighted by atomic mass is 10.1. The monoisotopic (exact) mass is 270 g/mol. The van der Waals surface area contributed by atoms with Crippen LogP contribution in [-0.4, -0.2) is 35.3 Å². The Kier molecular flexibility index (Phi) is 5.88. The second-order valence-electron chi connectivity index (χ2n) is 4.08. The van der Waals surface area contributed by atoms with E-state index >= 15 is 0 Å². The SMILES string of the molecule is CCn1cc(C(=O)NCC2=CCNCC2)cn1.Cl. The van der Waals surface area contributed by atoms with Gasteiger partial charge in [-0.1, -0.05) is 11.6 Å². The molecular formula is C12H19ClN4O. The Morgan fingerprint density at radius 1 is 1.61 bits per heavy atom. The van der Waals surface area contributed by atoms with Gasteiger partial charge in [0.1, 0.15) is 0 Å². The number of rotatable bonds is 4. The van der Waals surface area contributed by atoms with E-state index in [1.807, 2.05) is 6.92 Å². The number of nitrogens with one attached hydrogen (secondary N) is 2. The van der Waals surface area contributed by atoms with Gasteiger partial charge in [-0.3, -0.25) is 9.48 Å². The lowest BCUT2D eigenvalue weighted by Gasteiger charge is -2.14. The molecule has 2 heterocycles. The summed E-state index contributed by atoms with van der Waals surface area (Å²) in [5.41, 5.74) is 1.92. The normalized spacial score (nSPS) is 14.6. The molecule has 0 radical (unpaired) electrons. The van der Waals surface area contributed by atoms with Crippen LogP contribution in [0.1, 0.15) is 23.7 Å². The second kappa shape index (κ2) is 7.18. The van der Waals surface area contributed by atoms with Gasteiger partial charge in [0.2, 0.25) is 0 Å². The molecule has 1 amide bonds. The number of nitrogens with zero attached hydrogens (tertiary/aromatic N) is 2. The quantitative estimate of drug-likeness (QED) is 0.802. The van der Waals surface area contributed by atoms with Crippen LogP contribution in [0.15, 0.2) is 24.0 Å². The Bertz CT molecular complexity index is 427. The molecule has 0 unspecified atom stereocenters. The maximum atomic E-state index is 11.8. The Balaban J connectivity index is 0.00000162. The summed E-state index contributed by atoms with van der Waals surface area (Å²) < 4.78 is 1.75. The van der Waals surface area contributed by atoms with Crippen molar-refractivity contribution >= 4 is 18.3 Å². The lowest BCUT2D eigenvalue weighted by molar-refractivity contribution is 0.0956. The molecule has 2 N–H and O–H groups in total. The third-order valence-electron chi connectivity index (χ3n) is 2.85. The van der Waals surface area contributed by atoms with Gasteiger partial charge in [0.15, 0.2) is 0 Å². The third-order valence-corrected chi connectivity index (χ3v) is 2.85. The predicted octanol–water partition coefficient (Wildman–Crippen LogP) is 0.974. The molecule has 0 fully saturated rings.